The molecule has 2 aromatic carbocycles. The number of nitrogens with one attached hydrogen (secondary N) is 1. The molecule has 0 bridgehead atoms. The number of rotatable bonds is 3. The SMILES string of the molecule is Cc1ccc(NC(=O)c2cccc(C(C)(C)O)c2)cc1C(C)(C)C. The van der Waals surface area contributed by atoms with E-state index in [1.165, 1.54) is 11.1 Å². The highest BCUT2D eigenvalue weighted by atomic mass is 16.3. The Labute approximate surface area is 144 Å². The predicted molar refractivity (Wildman–Crippen MR) is 99.5 cm³/mol. The lowest BCUT2D eigenvalue weighted by atomic mass is 9.84. The second-order valence-electron chi connectivity index (χ2n) is 7.87. The van der Waals surface area contributed by atoms with Crippen molar-refractivity contribution < 1.29 is 9.90 Å². The highest BCUT2D eigenvalue weighted by Crippen LogP contribution is 2.28. The Morgan fingerprint density at radius 1 is 1.00 bits per heavy atom. The van der Waals surface area contributed by atoms with Gasteiger partial charge in [0.25, 0.3) is 5.91 Å². The molecule has 2 N–H and O–H groups in total. The summed E-state index contributed by atoms with van der Waals surface area (Å²) in [4.78, 5) is 12.5. The van der Waals surface area contributed by atoms with Crippen molar-refractivity contribution in [1.82, 2.24) is 0 Å². The number of aliphatic hydroxyl groups is 1. The van der Waals surface area contributed by atoms with E-state index in [1.54, 1.807) is 32.0 Å². The molecule has 0 aliphatic rings. The van der Waals surface area contributed by atoms with Crippen LogP contribution < -0.4 is 5.32 Å². The van der Waals surface area contributed by atoms with Crippen LogP contribution in [-0.2, 0) is 11.0 Å². The van der Waals surface area contributed by atoms with Crippen molar-refractivity contribution in [3.63, 3.8) is 0 Å². The first kappa shape index (κ1) is 18.2. The molecule has 3 heteroatoms. The van der Waals surface area contributed by atoms with E-state index in [4.69, 9.17) is 0 Å². The van der Waals surface area contributed by atoms with Gasteiger partial charge >= 0.3 is 0 Å². The third-order valence-electron chi connectivity index (χ3n) is 4.13. The van der Waals surface area contributed by atoms with Crippen LogP contribution in [0.2, 0.25) is 0 Å². The van der Waals surface area contributed by atoms with Crippen molar-refractivity contribution in [1.29, 1.82) is 0 Å². The van der Waals surface area contributed by atoms with Crippen LogP contribution in [0.25, 0.3) is 0 Å². The molecular formula is C21H27NO2. The van der Waals surface area contributed by atoms with Crippen molar-refractivity contribution in [3.8, 4) is 0 Å². The number of hydrogen-bond donors (Lipinski definition) is 2. The Balaban J connectivity index is 2.28. The molecule has 128 valence electrons. The second-order valence-corrected chi connectivity index (χ2v) is 7.87. The van der Waals surface area contributed by atoms with Gasteiger partial charge < -0.3 is 10.4 Å². The van der Waals surface area contributed by atoms with Crippen molar-refractivity contribution in [2.45, 2.75) is 52.6 Å². The van der Waals surface area contributed by atoms with E-state index in [9.17, 15) is 9.90 Å². The molecule has 0 fully saturated rings. The van der Waals surface area contributed by atoms with Gasteiger partial charge in [-0.15, -0.1) is 0 Å². The Kier molecular flexibility index (Phi) is 4.86. The van der Waals surface area contributed by atoms with E-state index in [2.05, 4.69) is 33.0 Å². The van der Waals surface area contributed by atoms with Gasteiger partial charge in [-0.1, -0.05) is 39.0 Å². The van der Waals surface area contributed by atoms with Crippen LogP contribution in [0.3, 0.4) is 0 Å². The number of amides is 1. The lowest BCUT2D eigenvalue weighted by Crippen LogP contribution is -2.18. The van der Waals surface area contributed by atoms with E-state index in [1.807, 2.05) is 24.3 Å². The number of anilines is 1. The molecular weight excluding hydrogens is 298 g/mol. The van der Waals surface area contributed by atoms with Crippen LogP contribution in [0.4, 0.5) is 5.69 Å². The Morgan fingerprint density at radius 3 is 2.25 bits per heavy atom. The fourth-order valence-electron chi connectivity index (χ4n) is 2.75. The van der Waals surface area contributed by atoms with Crippen LogP contribution in [0.5, 0.6) is 0 Å². The molecule has 0 saturated carbocycles. The summed E-state index contributed by atoms with van der Waals surface area (Å²) in [6.07, 6.45) is 0. The van der Waals surface area contributed by atoms with Crippen LogP contribution in [0.1, 0.15) is 61.7 Å². The topological polar surface area (TPSA) is 49.3 Å². The maximum Gasteiger partial charge on any atom is 0.255 e. The van der Waals surface area contributed by atoms with Crippen molar-refractivity contribution >= 4 is 11.6 Å². The summed E-state index contributed by atoms with van der Waals surface area (Å²) in [5.74, 6) is -0.176. The summed E-state index contributed by atoms with van der Waals surface area (Å²) in [6, 6.07) is 13.1. The molecule has 0 atom stereocenters. The van der Waals surface area contributed by atoms with Crippen LogP contribution in [0, 0.1) is 6.92 Å². The Hall–Kier alpha value is -2.13. The lowest BCUT2D eigenvalue weighted by molar-refractivity contribution is 0.0785. The number of hydrogen-bond acceptors (Lipinski definition) is 2. The average Bonchev–Trinajstić information content (AvgIpc) is 2.47. The van der Waals surface area contributed by atoms with Crippen molar-refractivity contribution in [2.75, 3.05) is 5.32 Å². The molecule has 0 unspecified atom stereocenters. The van der Waals surface area contributed by atoms with E-state index >= 15 is 0 Å². The summed E-state index contributed by atoms with van der Waals surface area (Å²) in [6.45, 7) is 12.0. The van der Waals surface area contributed by atoms with Gasteiger partial charge in [-0.05, 0) is 67.1 Å². The zero-order chi connectivity index (χ0) is 18.1. The summed E-state index contributed by atoms with van der Waals surface area (Å²) >= 11 is 0. The Morgan fingerprint density at radius 2 is 1.67 bits per heavy atom. The number of aryl methyl sites for hydroxylation is 1. The van der Waals surface area contributed by atoms with E-state index in [-0.39, 0.29) is 11.3 Å². The molecule has 2 rings (SSSR count). The predicted octanol–water partition coefficient (Wildman–Crippen LogP) is 4.77. The minimum atomic E-state index is -0.973. The molecule has 1 amide bonds. The first-order valence-corrected chi connectivity index (χ1v) is 8.24. The van der Waals surface area contributed by atoms with Gasteiger partial charge in [-0.2, -0.15) is 0 Å². The van der Waals surface area contributed by atoms with Gasteiger partial charge in [0.1, 0.15) is 0 Å². The van der Waals surface area contributed by atoms with Gasteiger partial charge in [0, 0.05) is 11.3 Å². The fourth-order valence-corrected chi connectivity index (χ4v) is 2.75. The normalized spacial score (nSPS) is 12.1. The summed E-state index contributed by atoms with van der Waals surface area (Å²) in [5, 5.41) is 13.1. The molecule has 0 radical (unpaired) electrons. The average molecular weight is 325 g/mol. The summed E-state index contributed by atoms with van der Waals surface area (Å²) in [5.41, 5.74) is 3.51. The summed E-state index contributed by atoms with van der Waals surface area (Å²) < 4.78 is 0. The highest BCUT2D eigenvalue weighted by Gasteiger charge is 2.19. The van der Waals surface area contributed by atoms with Crippen LogP contribution in [0.15, 0.2) is 42.5 Å². The smallest absolute Gasteiger partial charge is 0.255 e. The molecule has 0 heterocycles. The number of carbonyl (C=O) groups excluding carboxylic acids is 1. The van der Waals surface area contributed by atoms with Gasteiger partial charge in [0.15, 0.2) is 0 Å². The second kappa shape index (κ2) is 6.40. The van der Waals surface area contributed by atoms with Gasteiger partial charge in [0.05, 0.1) is 5.60 Å². The van der Waals surface area contributed by atoms with E-state index < -0.39 is 5.60 Å². The monoisotopic (exact) mass is 325 g/mol. The lowest BCUT2D eigenvalue weighted by Gasteiger charge is -2.23. The fraction of sp³-hybridized carbons (Fsp3) is 0.381. The molecule has 0 aliphatic carbocycles. The summed E-state index contributed by atoms with van der Waals surface area (Å²) in [7, 11) is 0. The van der Waals surface area contributed by atoms with Crippen LogP contribution >= 0.6 is 0 Å². The van der Waals surface area contributed by atoms with Gasteiger partial charge in [-0.25, -0.2) is 0 Å². The maximum absolute atomic E-state index is 12.5. The van der Waals surface area contributed by atoms with E-state index in [0.29, 0.717) is 5.56 Å². The molecule has 0 aliphatic heterocycles. The van der Waals surface area contributed by atoms with Crippen LogP contribution in [-0.4, -0.2) is 11.0 Å². The molecule has 0 aromatic heterocycles. The molecule has 24 heavy (non-hydrogen) atoms. The Bertz CT molecular complexity index is 749. The van der Waals surface area contributed by atoms with Crippen molar-refractivity contribution in [3.05, 3.63) is 64.7 Å². The minimum Gasteiger partial charge on any atom is -0.386 e. The highest BCUT2D eigenvalue weighted by molar-refractivity contribution is 6.04. The maximum atomic E-state index is 12.5. The standard InChI is InChI=1S/C21H27NO2/c1-14-10-11-17(13-18(14)20(2,3)4)22-19(23)15-8-7-9-16(12-15)21(5,6)24/h7-13,24H,1-6H3,(H,22,23). The first-order valence-electron chi connectivity index (χ1n) is 8.24. The third-order valence-corrected chi connectivity index (χ3v) is 4.13. The zero-order valence-corrected chi connectivity index (χ0v) is 15.4. The molecule has 3 nitrogen and oxygen atoms in total. The number of benzene rings is 2. The first-order chi connectivity index (χ1) is 11.0. The van der Waals surface area contributed by atoms with Gasteiger partial charge in [0.2, 0.25) is 0 Å². The van der Waals surface area contributed by atoms with Gasteiger partial charge in [-0.3, -0.25) is 4.79 Å². The quantitative estimate of drug-likeness (QED) is 0.854. The number of carbonyl (C=O) groups is 1. The largest absolute Gasteiger partial charge is 0.386 e. The minimum absolute atomic E-state index is 0.0195. The molecule has 2 aromatic rings. The molecule has 0 saturated heterocycles. The third kappa shape index (κ3) is 4.24. The van der Waals surface area contributed by atoms with Crippen molar-refractivity contribution in [2.24, 2.45) is 0 Å². The zero-order valence-electron chi connectivity index (χ0n) is 15.4. The molecule has 0 spiro atoms. The van der Waals surface area contributed by atoms with E-state index in [0.717, 1.165) is 11.3 Å².